The van der Waals surface area contributed by atoms with Gasteiger partial charge >= 0.3 is 5.97 Å². The molecule has 1 N–H and O–H groups in total. The normalized spacial score (nSPS) is 10.1. The van der Waals surface area contributed by atoms with E-state index in [4.69, 9.17) is 5.11 Å². The van der Waals surface area contributed by atoms with E-state index in [-0.39, 0.29) is 11.1 Å². The number of rotatable bonds is 2. The minimum absolute atomic E-state index is 0.0168. The first-order valence-corrected chi connectivity index (χ1v) is 4.37. The number of aromatic carboxylic acids is 1. The van der Waals surface area contributed by atoms with Crippen LogP contribution in [0.15, 0.2) is 36.4 Å². The zero-order valence-corrected chi connectivity index (χ0v) is 7.73. The molecule has 2 aromatic rings. The van der Waals surface area contributed by atoms with Crippen molar-refractivity contribution in [3.05, 3.63) is 47.5 Å². The first-order valence-electron chi connectivity index (χ1n) is 4.37. The predicted octanol–water partition coefficient (Wildman–Crippen LogP) is 2.00. The number of carbonyl (C=O) groups is 1. The Kier molecular flexibility index (Phi) is 2.21. The van der Waals surface area contributed by atoms with Crippen LogP contribution in [-0.4, -0.2) is 17.4 Å². The van der Waals surface area contributed by atoms with Crippen LogP contribution in [0, 0.1) is 0 Å². The number of benzene rings is 2. The first-order chi connectivity index (χ1) is 7.24. The topological polar surface area (TPSA) is 54.4 Å². The Hall–Kier alpha value is -2.16. The van der Waals surface area contributed by atoms with Gasteiger partial charge in [0.15, 0.2) is 0 Å². The van der Waals surface area contributed by atoms with Crippen LogP contribution in [0.2, 0.25) is 0 Å². The number of hydrogen-bond acceptors (Lipinski definition) is 2. The van der Waals surface area contributed by atoms with Crippen molar-refractivity contribution in [1.29, 1.82) is 0 Å². The zero-order valence-electron chi connectivity index (χ0n) is 7.73. The van der Waals surface area contributed by atoms with E-state index in [1.54, 1.807) is 30.6 Å². The summed E-state index contributed by atoms with van der Waals surface area (Å²) >= 11 is 0. The van der Waals surface area contributed by atoms with E-state index in [0.717, 1.165) is 5.39 Å². The molecule has 0 aliphatic rings. The third-order valence-electron chi connectivity index (χ3n) is 2.25. The van der Waals surface area contributed by atoms with E-state index >= 15 is 0 Å². The summed E-state index contributed by atoms with van der Waals surface area (Å²) in [5.74, 6) is -1.11. The Bertz CT molecular complexity index is 544. The molecule has 0 spiro atoms. The van der Waals surface area contributed by atoms with Gasteiger partial charge in [0.25, 0.3) is 0 Å². The maximum absolute atomic E-state index is 11.0. The fourth-order valence-electron chi connectivity index (χ4n) is 1.59. The number of carboxylic acid groups (broad SMARTS) is 1. The number of hydrogen-bond donors (Lipinski definition) is 1. The van der Waals surface area contributed by atoms with E-state index in [1.165, 1.54) is 6.07 Å². The molecule has 0 aromatic heterocycles. The summed E-state index contributed by atoms with van der Waals surface area (Å²) in [7, 11) is 0. The quantitative estimate of drug-likeness (QED) is 0.804. The standard InChI is InChI=1S/C12H7O3/c13-7-9-6-5-8-3-1-2-4-10(8)11(9)12(14)15/h1-6H,(H,14,15). The van der Waals surface area contributed by atoms with Crippen LogP contribution in [0.25, 0.3) is 10.8 Å². The van der Waals surface area contributed by atoms with Crippen LogP contribution in [0.5, 0.6) is 0 Å². The van der Waals surface area contributed by atoms with Crippen molar-refractivity contribution in [2.45, 2.75) is 0 Å². The lowest BCUT2D eigenvalue weighted by atomic mass is 10.00. The molecule has 73 valence electrons. The molecule has 3 heteroatoms. The summed E-state index contributed by atoms with van der Waals surface area (Å²) in [6.07, 6.45) is 1.64. The third-order valence-corrected chi connectivity index (χ3v) is 2.25. The highest BCUT2D eigenvalue weighted by atomic mass is 16.4. The van der Waals surface area contributed by atoms with Gasteiger partial charge in [0.2, 0.25) is 6.29 Å². The SMILES string of the molecule is O=[C]c1ccc2ccccc2c1C(=O)O. The van der Waals surface area contributed by atoms with Crippen molar-refractivity contribution >= 4 is 23.0 Å². The molecule has 0 amide bonds. The molecule has 0 heterocycles. The van der Waals surface area contributed by atoms with Crippen molar-refractivity contribution in [2.75, 3.05) is 0 Å². The van der Waals surface area contributed by atoms with E-state index in [2.05, 4.69) is 0 Å². The molecule has 2 aromatic carbocycles. The minimum atomic E-state index is -1.11. The molecular weight excluding hydrogens is 192 g/mol. The molecule has 0 fully saturated rings. The van der Waals surface area contributed by atoms with Gasteiger partial charge in [-0.15, -0.1) is 0 Å². The van der Waals surface area contributed by atoms with Gasteiger partial charge in [0.05, 0.1) is 5.56 Å². The second-order valence-corrected chi connectivity index (χ2v) is 3.12. The van der Waals surface area contributed by atoms with Gasteiger partial charge < -0.3 is 5.11 Å². The molecule has 0 saturated carbocycles. The summed E-state index contributed by atoms with van der Waals surface area (Å²) in [4.78, 5) is 21.6. The molecule has 3 nitrogen and oxygen atoms in total. The second-order valence-electron chi connectivity index (χ2n) is 3.12. The Morgan fingerprint density at radius 1 is 1.13 bits per heavy atom. The van der Waals surface area contributed by atoms with Crippen molar-refractivity contribution < 1.29 is 14.7 Å². The largest absolute Gasteiger partial charge is 0.478 e. The molecule has 0 atom stereocenters. The summed E-state index contributed by atoms with van der Waals surface area (Å²) in [5.41, 5.74) is 0.101. The van der Waals surface area contributed by atoms with E-state index in [9.17, 15) is 9.59 Å². The second kappa shape index (κ2) is 3.53. The number of carbonyl (C=O) groups excluding carboxylic acids is 1. The van der Waals surface area contributed by atoms with Gasteiger partial charge in [0, 0.05) is 5.56 Å². The molecule has 2 rings (SSSR count). The lowest BCUT2D eigenvalue weighted by Gasteiger charge is -2.03. The van der Waals surface area contributed by atoms with Crippen LogP contribution in [0.3, 0.4) is 0 Å². The van der Waals surface area contributed by atoms with E-state index in [0.29, 0.717) is 5.39 Å². The third kappa shape index (κ3) is 1.48. The Labute approximate surface area is 86.0 Å². The smallest absolute Gasteiger partial charge is 0.337 e. The highest BCUT2D eigenvalue weighted by Crippen LogP contribution is 2.21. The molecule has 15 heavy (non-hydrogen) atoms. The lowest BCUT2D eigenvalue weighted by Crippen LogP contribution is -2.02. The highest BCUT2D eigenvalue weighted by molar-refractivity contribution is 6.09. The zero-order chi connectivity index (χ0) is 10.8. The molecule has 0 aliphatic heterocycles. The van der Waals surface area contributed by atoms with Gasteiger partial charge in [0.1, 0.15) is 0 Å². The van der Waals surface area contributed by atoms with Crippen LogP contribution in [-0.2, 0) is 4.79 Å². The summed E-state index contributed by atoms with van der Waals surface area (Å²) in [6.45, 7) is 0. The molecule has 1 radical (unpaired) electrons. The Balaban J connectivity index is 2.90. The van der Waals surface area contributed by atoms with Gasteiger partial charge in [-0.05, 0) is 16.8 Å². The minimum Gasteiger partial charge on any atom is -0.478 e. The Morgan fingerprint density at radius 3 is 2.53 bits per heavy atom. The van der Waals surface area contributed by atoms with Gasteiger partial charge in [-0.1, -0.05) is 30.3 Å². The maximum Gasteiger partial charge on any atom is 0.337 e. The fourth-order valence-corrected chi connectivity index (χ4v) is 1.59. The summed E-state index contributed by atoms with van der Waals surface area (Å²) in [6, 6.07) is 10.2. The average molecular weight is 199 g/mol. The van der Waals surface area contributed by atoms with Crippen LogP contribution in [0.1, 0.15) is 15.9 Å². The van der Waals surface area contributed by atoms with Gasteiger partial charge in [-0.25, -0.2) is 4.79 Å². The molecule has 0 aliphatic carbocycles. The van der Waals surface area contributed by atoms with Crippen molar-refractivity contribution in [3.63, 3.8) is 0 Å². The van der Waals surface area contributed by atoms with Crippen LogP contribution < -0.4 is 0 Å². The predicted molar refractivity (Wildman–Crippen MR) is 55.7 cm³/mol. The summed E-state index contributed by atoms with van der Waals surface area (Å²) in [5, 5.41) is 10.4. The fraction of sp³-hybridized carbons (Fsp3) is 0. The monoisotopic (exact) mass is 199 g/mol. The molecule has 0 saturated heterocycles. The Morgan fingerprint density at radius 2 is 1.87 bits per heavy atom. The van der Waals surface area contributed by atoms with Crippen molar-refractivity contribution in [2.24, 2.45) is 0 Å². The maximum atomic E-state index is 11.0. The number of fused-ring (bicyclic) bond motifs is 1. The first kappa shape index (κ1) is 9.40. The van der Waals surface area contributed by atoms with Crippen LogP contribution >= 0.6 is 0 Å². The van der Waals surface area contributed by atoms with E-state index < -0.39 is 5.97 Å². The molecule has 0 bridgehead atoms. The molecular formula is C12H7O3. The van der Waals surface area contributed by atoms with Gasteiger partial charge in [-0.3, -0.25) is 4.79 Å². The van der Waals surface area contributed by atoms with Crippen molar-refractivity contribution in [1.82, 2.24) is 0 Å². The molecule has 0 unspecified atom stereocenters. The van der Waals surface area contributed by atoms with Gasteiger partial charge in [-0.2, -0.15) is 0 Å². The number of carboxylic acids is 1. The van der Waals surface area contributed by atoms with E-state index in [1.807, 2.05) is 6.07 Å². The van der Waals surface area contributed by atoms with Crippen molar-refractivity contribution in [3.8, 4) is 0 Å². The summed E-state index contributed by atoms with van der Waals surface area (Å²) < 4.78 is 0. The highest BCUT2D eigenvalue weighted by Gasteiger charge is 2.13. The van der Waals surface area contributed by atoms with Crippen LogP contribution in [0.4, 0.5) is 0 Å². The average Bonchev–Trinajstić information content (AvgIpc) is 2.27. The lowest BCUT2D eigenvalue weighted by molar-refractivity contribution is 0.0699.